The number of nitrogens with one attached hydrogen (secondary N) is 1. The molecule has 0 aliphatic carbocycles. The summed E-state index contributed by atoms with van der Waals surface area (Å²) < 4.78 is 5.73. The third kappa shape index (κ3) is 4.26. The Kier molecular flexibility index (Phi) is 5.28. The Balaban J connectivity index is 2.07. The predicted octanol–water partition coefficient (Wildman–Crippen LogP) is 3.69. The molecule has 1 N–H and O–H groups in total. The number of aryl methyl sites for hydroxylation is 3. The maximum absolute atomic E-state index is 5.73. The highest BCUT2D eigenvalue weighted by Gasteiger charge is 2.06. The summed E-state index contributed by atoms with van der Waals surface area (Å²) in [7, 11) is 0. The minimum absolute atomic E-state index is 0.398. The first-order chi connectivity index (χ1) is 10.1. The van der Waals surface area contributed by atoms with Crippen molar-refractivity contribution < 1.29 is 4.74 Å². The lowest BCUT2D eigenvalue weighted by atomic mass is 10.1. The van der Waals surface area contributed by atoms with Gasteiger partial charge in [-0.25, -0.2) is 4.98 Å². The van der Waals surface area contributed by atoms with E-state index in [4.69, 9.17) is 4.74 Å². The van der Waals surface area contributed by atoms with E-state index in [-0.39, 0.29) is 0 Å². The Bertz CT molecular complexity index is 611. The van der Waals surface area contributed by atoms with Crippen molar-refractivity contribution in [1.82, 2.24) is 15.3 Å². The van der Waals surface area contributed by atoms with Crippen LogP contribution < -0.4 is 10.1 Å². The molecule has 0 bridgehead atoms. The van der Waals surface area contributed by atoms with Crippen molar-refractivity contribution in [2.24, 2.45) is 0 Å². The molecule has 1 aromatic carbocycles. The molecule has 0 saturated heterocycles. The molecule has 112 valence electrons. The normalized spacial score (nSPS) is 10.7. The molecule has 4 nitrogen and oxygen atoms in total. The van der Waals surface area contributed by atoms with E-state index in [9.17, 15) is 0 Å². The quantitative estimate of drug-likeness (QED) is 0.822. The van der Waals surface area contributed by atoms with Gasteiger partial charge in [-0.3, -0.25) is 0 Å². The van der Waals surface area contributed by atoms with Gasteiger partial charge in [-0.15, -0.1) is 0 Å². The summed E-state index contributed by atoms with van der Waals surface area (Å²) in [6.07, 6.45) is 2.95. The second-order valence-electron chi connectivity index (χ2n) is 5.29. The fraction of sp³-hybridized carbons (Fsp3) is 0.412. The molecule has 0 radical (unpaired) electrons. The molecular formula is C17H23N3O. The molecule has 0 aliphatic rings. The van der Waals surface area contributed by atoms with E-state index in [1.165, 1.54) is 11.1 Å². The standard InChI is InChI=1S/C17H23N3O/c1-5-8-18-10-15-11-19-17(20-14(15)4)21-16-7-6-12(2)13(3)9-16/h6-7,9,11,18H,5,8,10H2,1-4H3. The maximum Gasteiger partial charge on any atom is 0.322 e. The Morgan fingerprint density at radius 2 is 1.95 bits per heavy atom. The number of ether oxygens (including phenoxy) is 1. The highest BCUT2D eigenvalue weighted by Crippen LogP contribution is 2.21. The van der Waals surface area contributed by atoms with Crippen LogP contribution >= 0.6 is 0 Å². The number of hydrogen-bond acceptors (Lipinski definition) is 4. The smallest absolute Gasteiger partial charge is 0.322 e. The summed E-state index contributed by atoms with van der Waals surface area (Å²) in [6, 6.07) is 6.39. The van der Waals surface area contributed by atoms with Gasteiger partial charge in [0.25, 0.3) is 0 Å². The summed E-state index contributed by atoms with van der Waals surface area (Å²) >= 11 is 0. The van der Waals surface area contributed by atoms with E-state index in [2.05, 4.69) is 36.1 Å². The van der Waals surface area contributed by atoms with Gasteiger partial charge in [0.05, 0.1) is 0 Å². The van der Waals surface area contributed by atoms with E-state index in [0.29, 0.717) is 6.01 Å². The van der Waals surface area contributed by atoms with Gasteiger partial charge in [0, 0.05) is 24.0 Å². The van der Waals surface area contributed by atoms with Crippen LogP contribution in [0.2, 0.25) is 0 Å². The molecule has 4 heteroatoms. The van der Waals surface area contributed by atoms with Crippen LogP contribution in [-0.4, -0.2) is 16.5 Å². The highest BCUT2D eigenvalue weighted by molar-refractivity contribution is 5.35. The van der Waals surface area contributed by atoms with E-state index >= 15 is 0 Å². The van der Waals surface area contributed by atoms with Crippen LogP contribution in [0.4, 0.5) is 0 Å². The lowest BCUT2D eigenvalue weighted by molar-refractivity contribution is 0.438. The molecule has 0 atom stereocenters. The van der Waals surface area contributed by atoms with Crippen molar-refractivity contribution in [1.29, 1.82) is 0 Å². The van der Waals surface area contributed by atoms with E-state index < -0.39 is 0 Å². The molecule has 0 aliphatic heterocycles. The molecule has 2 rings (SSSR count). The molecule has 0 spiro atoms. The third-order valence-corrected chi connectivity index (χ3v) is 3.49. The average Bonchev–Trinajstić information content (AvgIpc) is 2.45. The van der Waals surface area contributed by atoms with E-state index in [0.717, 1.165) is 36.5 Å². The molecule has 0 unspecified atom stereocenters. The van der Waals surface area contributed by atoms with Gasteiger partial charge < -0.3 is 10.1 Å². The Hall–Kier alpha value is -1.94. The topological polar surface area (TPSA) is 47.0 Å². The zero-order chi connectivity index (χ0) is 15.2. The minimum atomic E-state index is 0.398. The zero-order valence-electron chi connectivity index (χ0n) is 13.2. The lowest BCUT2D eigenvalue weighted by Crippen LogP contribution is -2.15. The number of hydrogen-bond donors (Lipinski definition) is 1. The molecule has 0 saturated carbocycles. The zero-order valence-corrected chi connectivity index (χ0v) is 13.2. The van der Waals surface area contributed by atoms with Crippen LogP contribution in [0.15, 0.2) is 24.4 Å². The van der Waals surface area contributed by atoms with Gasteiger partial charge in [0.1, 0.15) is 5.75 Å². The number of rotatable bonds is 6. The van der Waals surface area contributed by atoms with E-state index in [1.807, 2.05) is 31.3 Å². The summed E-state index contributed by atoms with van der Waals surface area (Å²) in [4.78, 5) is 8.72. The van der Waals surface area contributed by atoms with E-state index in [1.54, 1.807) is 0 Å². The maximum atomic E-state index is 5.73. The van der Waals surface area contributed by atoms with Gasteiger partial charge in [0.2, 0.25) is 0 Å². The minimum Gasteiger partial charge on any atom is -0.424 e. The van der Waals surface area contributed by atoms with Crippen LogP contribution in [0.3, 0.4) is 0 Å². The first kappa shape index (κ1) is 15.4. The average molecular weight is 285 g/mol. The third-order valence-electron chi connectivity index (χ3n) is 3.49. The molecular weight excluding hydrogens is 262 g/mol. The second kappa shape index (κ2) is 7.18. The van der Waals surface area contributed by atoms with Gasteiger partial charge in [-0.2, -0.15) is 4.98 Å². The largest absolute Gasteiger partial charge is 0.424 e. The Morgan fingerprint density at radius 1 is 1.14 bits per heavy atom. The number of aromatic nitrogens is 2. The summed E-state index contributed by atoms with van der Waals surface area (Å²) in [5, 5.41) is 3.35. The number of benzene rings is 1. The molecule has 2 aromatic rings. The summed E-state index contributed by atoms with van der Waals surface area (Å²) in [5.41, 5.74) is 4.50. The van der Waals surface area contributed by atoms with Gasteiger partial charge in [-0.05, 0) is 57.0 Å². The molecule has 21 heavy (non-hydrogen) atoms. The Morgan fingerprint density at radius 3 is 2.62 bits per heavy atom. The van der Waals surface area contributed by atoms with Gasteiger partial charge in [-0.1, -0.05) is 13.0 Å². The highest BCUT2D eigenvalue weighted by atomic mass is 16.5. The fourth-order valence-corrected chi connectivity index (χ4v) is 1.98. The lowest BCUT2D eigenvalue weighted by Gasteiger charge is -2.09. The van der Waals surface area contributed by atoms with Crippen molar-refractivity contribution in [3.8, 4) is 11.8 Å². The van der Waals surface area contributed by atoms with Crippen LogP contribution in [0.1, 0.15) is 35.7 Å². The van der Waals surface area contributed by atoms with Crippen molar-refractivity contribution >= 4 is 0 Å². The van der Waals surface area contributed by atoms with Crippen molar-refractivity contribution in [2.45, 2.75) is 40.7 Å². The summed E-state index contributed by atoms with van der Waals surface area (Å²) in [5.74, 6) is 0.773. The molecule has 0 fully saturated rings. The predicted molar refractivity (Wildman–Crippen MR) is 84.8 cm³/mol. The van der Waals surface area contributed by atoms with Crippen LogP contribution in [0, 0.1) is 20.8 Å². The van der Waals surface area contributed by atoms with Crippen molar-refractivity contribution in [3.63, 3.8) is 0 Å². The molecule has 0 amide bonds. The molecule has 1 aromatic heterocycles. The SMILES string of the molecule is CCCNCc1cnc(Oc2ccc(C)c(C)c2)nc1C. The Labute approximate surface area is 126 Å². The van der Waals surface area contributed by atoms with Crippen LogP contribution in [0.5, 0.6) is 11.8 Å². The number of nitrogens with zero attached hydrogens (tertiary/aromatic N) is 2. The van der Waals surface area contributed by atoms with Crippen molar-refractivity contribution in [3.05, 3.63) is 46.8 Å². The second-order valence-corrected chi connectivity index (χ2v) is 5.29. The van der Waals surface area contributed by atoms with Gasteiger partial charge in [0.15, 0.2) is 0 Å². The molecule has 1 heterocycles. The van der Waals surface area contributed by atoms with Crippen LogP contribution in [0.25, 0.3) is 0 Å². The van der Waals surface area contributed by atoms with Gasteiger partial charge >= 0.3 is 6.01 Å². The monoisotopic (exact) mass is 285 g/mol. The first-order valence-corrected chi connectivity index (χ1v) is 7.38. The fourth-order valence-electron chi connectivity index (χ4n) is 1.98. The first-order valence-electron chi connectivity index (χ1n) is 7.38. The summed E-state index contributed by atoms with van der Waals surface area (Å²) in [6.45, 7) is 10.1. The van der Waals surface area contributed by atoms with Crippen molar-refractivity contribution in [2.75, 3.05) is 6.54 Å². The van der Waals surface area contributed by atoms with Crippen LogP contribution in [-0.2, 0) is 6.54 Å².